The number of hydrogen-bond acceptors (Lipinski definition) is 2. The van der Waals surface area contributed by atoms with Crippen LogP contribution in [0.15, 0.2) is 18.2 Å². The minimum Gasteiger partial charge on any atom is -0.478 e. The highest BCUT2D eigenvalue weighted by Crippen LogP contribution is 2.29. The second-order valence-corrected chi connectivity index (χ2v) is 5.74. The molecule has 1 aromatic carbocycles. The van der Waals surface area contributed by atoms with Crippen molar-refractivity contribution in [2.45, 2.75) is 45.1 Å². The second kappa shape index (κ2) is 6.29. The molecule has 4 heteroatoms. The zero-order chi connectivity index (χ0) is 13.8. The van der Waals surface area contributed by atoms with E-state index in [0.717, 1.165) is 5.69 Å². The fraction of sp³-hybridized carbons (Fsp3) is 0.533. The van der Waals surface area contributed by atoms with Gasteiger partial charge in [0.15, 0.2) is 0 Å². The molecule has 1 unspecified atom stereocenters. The lowest BCUT2D eigenvalue weighted by molar-refractivity contribution is 0.0697. The van der Waals surface area contributed by atoms with Crippen molar-refractivity contribution in [3.8, 4) is 0 Å². The fourth-order valence-corrected chi connectivity index (χ4v) is 2.99. The Morgan fingerprint density at radius 2 is 2.05 bits per heavy atom. The van der Waals surface area contributed by atoms with Gasteiger partial charge < -0.3 is 10.4 Å². The molecule has 2 N–H and O–H groups in total. The molecule has 0 bridgehead atoms. The molecule has 1 aliphatic rings. The lowest BCUT2D eigenvalue weighted by atomic mass is 9.84. The van der Waals surface area contributed by atoms with Gasteiger partial charge in [0.25, 0.3) is 0 Å². The van der Waals surface area contributed by atoms with Gasteiger partial charge in [-0.2, -0.15) is 0 Å². The van der Waals surface area contributed by atoms with Gasteiger partial charge in [0.05, 0.1) is 10.6 Å². The van der Waals surface area contributed by atoms with E-state index < -0.39 is 5.97 Å². The van der Waals surface area contributed by atoms with E-state index in [-0.39, 0.29) is 10.6 Å². The molecule has 0 radical (unpaired) electrons. The molecule has 1 saturated carbocycles. The van der Waals surface area contributed by atoms with Crippen molar-refractivity contribution in [2.75, 3.05) is 5.32 Å². The zero-order valence-electron chi connectivity index (χ0n) is 11.2. The van der Waals surface area contributed by atoms with Crippen molar-refractivity contribution in [3.63, 3.8) is 0 Å². The van der Waals surface area contributed by atoms with Gasteiger partial charge in [-0.05, 0) is 43.9 Å². The van der Waals surface area contributed by atoms with Crippen molar-refractivity contribution in [1.29, 1.82) is 0 Å². The SMILES string of the molecule is CC(Nc1ccc(Cl)c(C(=O)O)c1)C1CCCCC1. The predicted octanol–water partition coefficient (Wildman–Crippen LogP) is 4.42. The van der Waals surface area contributed by atoms with Crippen molar-refractivity contribution in [1.82, 2.24) is 0 Å². The van der Waals surface area contributed by atoms with Gasteiger partial charge in [0, 0.05) is 11.7 Å². The normalized spacial score (nSPS) is 18.0. The quantitative estimate of drug-likeness (QED) is 0.859. The van der Waals surface area contributed by atoms with Gasteiger partial charge in [-0.15, -0.1) is 0 Å². The van der Waals surface area contributed by atoms with Crippen LogP contribution in [-0.4, -0.2) is 17.1 Å². The molecule has 19 heavy (non-hydrogen) atoms. The van der Waals surface area contributed by atoms with Crippen LogP contribution in [0.4, 0.5) is 5.69 Å². The lowest BCUT2D eigenvalue weighted by Crippen LogP contribution is -2.27. The Bertz CT molecular complexity index is 455. The summed E-state index contributed by atoms with van der Waals surface area (Å²) < 4.78 is 0. The summed E-state index contributed by atoms with van der Waals surface area (Å²) >= 11 is 5.87. The van der Waals surface area contributed by atoms with E-state index in [0.29, 0.717) is 12.0 Å². The average Bonchev–Trinajstić information content (AvgIpc) is 2.41. The Kier molecular flexibility index (Phi) is 4.70. The number of carboxylic acid groups (broad SMARTS) is 1. The van der Waals surface area contributed by atoms with Gasteiger partial charge in [0.1, 0.15) is 0 Å². The topological polar surface area (TPSA) is 49.3 Å². The Morgan fingerprint density at radius 3 is 2.68 bits per heavy atom. The van der Waals surface area contributed by atoms with E-state index in [4.69, 9.17) is 16.7 Å². The van der Waals surface area contributed by atoms with Crippen LogP contribution in [0, 0.1) is 5.92 Å². The zero-order valence-corrected chi connectivity index (χ0v) is 11.9. The Hall–Kier alpha value is -1.22. The van der Waals surface area contributed by atoms with Crippen LogP contribution in [0.2, 0.25) is 5.02 Å². The molecule has 1 aromatic rings. The molecule has 0 heterocycles. The number of benzene rings is 1. The number of nitrogens with one attached hydrogen (secondary N) is 1. The maximum absolute atomic E-state index is 11.0. The van der Waals surface area contributed by atoms with Gasteiger partial charge in [-0.25, -0.2) is 4.79 Å². The number of rotatable bonds is 4. The number of carbonyl (C=O) groups is 1. The van der Waals surface area contributed by atoms with Crippen LogP contribution >= 0.6 is 11.6 Å². The molecule has 0 saturated heterocycles. The Labute approximate surface area is 119 Å². The van der Waals surface area contributed by atoms with Crippen molar-refractivity contribution >= 4 is 23.3 Å². The molecule has 1 aliphatic carbocycles. The van der Waals surface area contributed by atoms with Crippen LogP contribution in [-0.2, 0) is 0 Å². The van der Waals surface area contributed by atoms with Crippen LogP contribution in [0.5, 0.6) is 0 Å². The van der Waals surface area contributed by atoms with E-state index in [2.05, 4.69) is 12.2 Å². The molecule has 3 nitrogen and oxygen atoms in total. The van der Waals surface area contributed by atoms with Crippen molar-refractivity contribution in [2.24, 2.45) is 5.92 Å². The summed E-state index contributed by atoms with van der Waals surface area (Å²) in [5, 5.41) is 12.8. The van der Waals surface area contributed by atoms with Gasteiger partial charge in [-0.1, -0.05) is 30.9 Å². The Balaban J connectivity index is 2.05. The molecule has 2 rings (SSSR count). The van der Waals surface area contributed by atoms with Crippen LogP contribution in [0.3, 0.4) is 0 Å². The highest BCUT2D eigenvalue weighted by Gasteiger charge is 2.20. The number of aromatic carboxylic acids is 1. The highest BCUT2D eigenvalue weighted by atomic mass is 35.5. The summed E-state index contributed by atoms with van der Waals surface area (Å²) in [4.78, 5) is 11.0. The molecule has 104 valence electrons. The summed E-state index contributed by atoms with van der Waals surface area (Å²) in [6.45, 7) is 2.17. The summed E-state index contributed by atoms with van der Waals surface area (Å²) in [5.74, 6) is -0.309. The Morgan fingerprint density at radius 1 is 1.37 bits per heavy atom. The number of hydrogen-bond donors (Lipinski definition) is 2. The third-order valence-corrected chi connectivity index (χ3v) is 4.28. The second-order valence-electron chi connectivity index (χ2n) is 5.33. The molecule has 1 fully saturated rings. The monoisotopic (exact) mass is 281 g/mol. The first kappa shape index (κ1) is 14.2. The standard InChI is InChI=1S/C15H20ClNO2/c1-10(11-5-3-2-4-6-11)17-12-7-8-14(16)13(9-12)15(18)19/h7-11,17H,2-6H2,1H3,(H,18,19). The summed E-state index contributed by atoms with van der Waals surface area (Å²) in [5.41, 5.74) is 0.988. The van der Waals surface area contributed by atoms with E-state index in [1.165, 1.54) is 32.1 Å². The molecular formula is C15H20ClNO2. The number of halogens is 1. The summed E-state index contributed by atoms with van der Waals surface area (Å²) in [6.07, 6.45) is 6.46. The minimum atomic E-state index is -0.987. The largest absolute Gasteiger partial charge is 0.478 e. The average molecular weight is 282 g/mol. The summed E-state index contributed by atoms with van der Waals surface area (Å²) in [7, 11) is 0. The van der Waals surface area contributed by atoms with Crippen molar-refractivity contribution < 1.29 is 9.90 Å². The van der Waals surface area contributed by atoms with E-state index >= 15 is 0 Å². The lowest BCUT2D eigenvalue weighted by Gasteiger charge is -2.29. The smallest absolute Gasteiger partial charge is 0.337 e. The molecule has 1 atom stereocenters. The predicted molar refractivity (Wildman–Crippen MR) is 78.1 cm³/mol. The fourth-order valence-electron chi connectivity index (χ4n) is 2.79. The first-order valence-corrected chi connectivity index (χ1v) is 7.25. The van der Waals surface area contributed by atoms with E-state index in [1.54, 1.807) is 12.1 Å². The van der Waals surface area contributed by atoms with Crippen LogP contribution < -0.4 is 5.32 Å². The molecule has 0 amide bonds. The first-order chi connectivity index (χ1) is 9.08. The molecule has 0 aromatic heterocycles. The maximum Gasteiger partial charge on any atom is 0.337 e. The third-order valence-electron chi connectivity index (χ3n) is 3.95. The third kappa shape index (κ3) is 3.63. The minimum absolute atomic E-state index is 0.155. The molecule has 0 aliphatic heterocycles. The van der Waals surface area contributed by atoms with Crippen LogP contribution in [0.25, 0.3) is 0 Å². The highest BCUT2D eigenvalue weighted by molar-refractivity contribution is 6.33. The van der Waals surface area contributed by atoms with Crippen molar-refractivity contribution in [3.05, 3.63) is 28.8 Å². The van der Waals surface area contributed by atoms with Gasteiger partial charge >= 0.3 is 5.97 Å². The molecule has 0 spiro atoms. The van der Waals surface area contributed by atoms with Crippen LogP contribution in [0.1, 0.15) is 49.4 Å². The van der Waals surface area contributed by atoms with E-state index in [1.807, 2.05) is 6.07 Å². The van der Waals surface area contributed by atoms with E-state index in [9.17, 15) is 4.79 Å². The molecular weight excluding hydrogens is 262 g/mol. The van der Waals surface area contributed by atoms with Gasteiger partial charge in [0.2, 0.25) is 0 Å². The number of carboxylic acids is 1. The van der Waals surface area contributed by atoms with Gasteiger partial charge in [-0.3, -0.25) is 0 Å². The summed E-state index contributed by atoms with van der Waals surface area (Å²) in [6, 6.07) is 5.46. The number of anilines is 1. The maximum atomic E-state index is 11.0. The first-order valence-electron chi connectivity index (χ1n) is 6.87.